The van der Waals surface area contributed by atoms with Gasteiger partial charge < -0.3 is 5.32 Å². The molecule has 5 nitrogen and oxygen atoms in total. The van der Waals surface area contributed by atoms with Gasteiger partial charge in [-0.25, -0.2) is 8.42 Å². The number of carbonyl (C=O) groups is 1. The maximum absolute atomic E-state index is 12.7. The van der Waals surface area contributed by atoms with E-state index in [1.165, 1.54) is 12.1 Å². The fraction of sp³-hybridized carbons (Fsp3) is 0.0800. The molecule has 0 aromatic heterocycles. The number of hydrogen-bond donors (Lipinski definition) is 2. The van der Waals surface area contributed by atoms with Crippen LogP contribution in [0.25, 0.3) is 10.8 Å². The molecule has 0 atom stereocenters. The van der Waals surface area contributed by atoms with E-state index in [4.69, 9.17) is 0 Å². The Hall–Kier alpha value is -3.64. The van der Waals surface area contributed by atoms with Crippen LogP contribution in [-0.4, -0.2) is 14.3 Å². The molecule has 4 rings (SSSR count). The van der Waals surface area contributed by atoms with Crippen molar-refractivity contribution in [3.63, 3.8) is 0 Å². The Bertz CT molecular complexity index is 1350. The van der Waals surface area contributed by atoms with Gasteiger partial charge in [0, 0.05) is 12.1 Å². The lowest BCUT2D eigenvalue weighted by Gasteiger charge is -2.13. The lowest BCUT2D eigenvalue weighted by Crippen LogP contribution is -2.23. The Morgan fingerprint density at radius 1 is 0.806 bits per heavy atom. The molecule has 0 bridgehead atoms. The van der Waals surface area contributed by atoms with Crippen LogP contribution in [0.2, 0.25) is 0 Å². The summed E-state index contributed by atoms with van der Waals surface area (Å²) in [4.78, 5) is 12.9. The van der Waals surface area contributed by atoms with Crippen molar-refractivity contribution in [2.45, 2.75) is 18.4 Å². The highest BCUT2D eigenvalue weighted by atomic mass is 32.2. The first-order valence-corrected chi connectivity index (χ1v) is 11.4. The number of rotatable bonds is 6. The molecule has 0 aliphatic heterocycles. The molecule has 156 valence electrons. The van der Waals surface area contributed by atoms with Gasteiger partial charge in [0.1, 0.15) is 0 Å². The number of hydrogen-bond acceptors (Lipinski definition) is 3. The predicted octanol–water partition coefficient (Wildman–Crippen LogP) is 4.88. The van der Waals surface area contributed by atoms with Crippen LogP contribution in [-0.2, 0) is 16.6 Å². The number of sulfonamides is 1. The molecule has 0 radical (unpaired) electrons. The van der Waals surface area contributed by atoms with Gasteiger partial charge in [0.05, 0.1) is 10.6 Å². The van der Waals surface area contributed by atoms with Gasteiger partial charge in [0.25, 0.3) is 15.9 Å². The summed E-state index contributed by atoms with van der Waals surface area (Å²) in [5, 5.41) is 5.16. The van der Waals surface area contributed by atoms with Crippen LogP contribution in [0, 0.1) is 6.92 Å². The average Bonchev–Trinajstić information content (AvgIpc) is 2.79. The second-order valence-electron chi connectivity index (χ2n) is 7.31. The molecule has 1 amide bonds. The van der Waals surface area contributed by atoms with Gasteiger partial charge in [0.2, 0.25) is 0 Å². The van der Waals surface area contributed by atoms with Crippen LogP contribution in [0.15, 0.2) is 95.9 Å². The van der Waals surface area contributed by atoms with Gasteiger partial charge in [-0.1, -0.05) is 60.7 Å². The monoisotopic (exact) mass is 430 g/mol. The molecular formula is C25H22N2O3S. The SMILES string of the molecule is Cc1ccc(C(=O)NCc2ccc3ccccc3c2)cc1NS(=O)(=O)c1ccccc1. The molecule has 2 N–H and O–H groups in total. The molecule has 6 heteroatoms. The van der Waals surface area contributed by atoms with Crippen LogP contribution in [0.5, 0.6) is 0 Å². The number of benzene rings is 4. The van der Waals surface area contributed by atoms with E-state index in [1.807, 2.05) is 42.5 Å². The van der Waals surface area contributed by atoms with Crippen molar-refractivity contribution in [1.82, 2.24) is 5.32 Å². The number of nitrogens with one attached hydrogen (secondary N) is 2. The summed E-state index contributed by atoms with van der Waals surface area (Å²) in [6.45, 7) is 2.17. The zero-order valence-electron chi connectivity index (χ0n) is 17.0. The van der Waals surface area contributed by atoms with E-state index < -0.39 is 10.0 Å². The van der Waals surface area contributed by atoms with Crippen LogP contribution >= 0.6 is 0 Å². The van der Waals surface area contributed by atoms with Gasteiger partial charge in [0.15, 0.2) is 0 Å². The molecule has 0 saturated heterocycles. The molecule has 0 fully saturated rings. The Labute approximate surface area is 181 Å². The summed E-state index contributed by atoms with van der Waals surface area (Å²) >= 11 is 0. The molecule has 0 saturated carbocycles. The number of anilines is 1. The summed E-state index contributed by atoms with van der Waals surface area (Å²) in [6, 6.07) is 27.2. The summed E-state index contributed by atoms with van der Waals surface area (Å²) in [6.07, 6.45) is 0. The Morgan fingerprint density at radius 2 is 1.52 bits per heavy atom. The lowest BCUT2D eigenvalue weighted by molar-refractivity contribution is 0.0951. The third-order valence-electron chi connectivity index (χ3n) is 5.06. The van der Waals surface area contributed by atoms with E-state index in [2.05, 4.69) is 10.0 Å². The van der Waals surface area contributed by atoms with E-state index in [1.54, 1.807) is 43.3 Å². The largest absolute Gasteiger partial charge is 0.348 e. The first-order chi connectivity index (χ1) is 14.9. The van der Waals surface area contributed by atoms with Gasteiger partial charge >= 0.3 is 0 Å². The van der Waals surface area contributed by atoms with Gasteiger partial charge in [-0.15, -0.1) is 0 Å². The molecule has 0 aliphatic rings. The van der Waals surface area contributed by atoms with Crippen molar-refractivity contribution in [2.75, 3.05) is 4.72 Å². The minimum absolute atomic E-state index is 0.167. The molecule has 4 aromatic carbocycles. The van der Waals surface area contributed by atoms with Crippen molar-refractivity contribution in [2.24, 2.45) is 0 Å². The minimum Gasteiger partial charge on any atom is -0.348 e. The van der Waals surface area contributed by atoms with Crippen LogP contribution in [0.4, 0.5) is 5.69 Å². The Kier molecular flexibility index (Phi) is 5.73. The lowest BCUT2D eigenvalue weighted by atomic mass is 10.1. The number of aryl methyl sites for hydroxylation is 1. The van der Waals surface area contributed by atoms with Crippen molar-refractivity contribution in [1.29, 1.82) is 0 Å². The van der Waals surface area contributed by atoms with E-state index in [-0.39, 0.29) is 10.8 Å². The summed E-state index contributed by atoms with van der Waals surface area (Å²) in [5.41, 5.74) is 2.48. The number of fused-ring (bicyclic) bond motifs is 1. The summed E-state index contributed by atoms with van der Waals surface area (Å²) < 4.78 is 27.9. The second kappa shape index (κ2) is 8.62. The Morgan fingerprint density at radius 3 is 2.29 bits per heavy atom. The highest BCUT2D eigenvalue weighted by Crippen LogP contribution is 2.21. The van der Waals surface area contributed by atoms with Gasteiger partial charge in [-0.05, 0) is 59.2 Å². The van der Waals surface area contributed by atoms with E-state index in [0.29, 0.717) is 17.8 Å². The molecular weight excluding hydrogens is 408 g/mol. The maximum atomic E-state index is 12.7. The summed E-state index contributed by atoms with van der Waals surface area (Å²) in [7, 11) is -3.74. The van der Waals surface area contributed by atoms with Crippen molar-refractivity contribution < 1.29 is 13.2 Å². The molecule has 0 aliphatic carbocycles. The van der Waals surface area contributed by atoms with E-state index in [9.17, 15) is 13.2 Å². The van der Waals surface area contributed by atoms with Crippen molar-refractivity contribution in [3.05, 3.63) is 108 Å². The second-order valence-corrected chi connectivity index (χ2v) is 8.99. The first kappa shape index (κ1) is 20.6. The quantitative estimate of drug-likeness (QED) is 0.458. The van der Waals surface area contributed by atoms with Crippen LogP contribution in [0.3, 0.4) is 0 Å². The van der Waals surface area contributed by atoms with Crippen molar-refractivity contribution in [3.8, 4) is 0 Å². The molecule has 4 aromatic rings. The highest BCUT2D eigenvalue weighted by Gasteiger charge is 2.16. The predicted molar refractivity (Wildman–Crippen MR) is 124 cm³/mol. The summed E-state index contributed by atoms with van der Waals surface area (Å²) in [5.74, 6) is -0.270. The van der Waals surface area contributed by atoms with Crippen LogP contribution < -0.4 is 10.0 Å². The van der Waals surface area contributed by atoms with Gasteiger partial charge in [-0.3, -0.25) is 9.52 Å². The molecule has 0 heterocycles. The average molecular weight is 431 g/mol. The van der Waals surface area contributed by atoms with Crippen LogP contribution in [0.1, 0.15) is 21.5 Å². The minimum atomic E-state index is -3.74. The van der Waals surface area contributed by atoms with E-state index >= 15 is 0 Å². The Balaban J connectivity index is 1.49. The van der Waals surface area contributed by atoms with Gasteiger partial charge in [-0.2, -0.15) is 0 Å². The zero-order chi connectivity index (χ0) is 21.8. The third kappa shape index (κ3) is 4.75. The standard InChI is InChI=1S/C25H22N2O3S/c1-18-11-13-22(16-24(18)27-31(29,30)23-9-3-2-4-10-23)25(28)26-17-19-12-14-20-7-5-6-8-21(20)15-19/h2-16,27H,17H2,1H3,(H,26,28). The smallest absolute Gasteiger partial charge is 0.261 e. The van der Waals surface area contributed by atoms with E-state index in [0.717, 1.165) is 21.9 Å². The number of carbonyl (C=O) groups excluding carboxylic acids is 1. The number of amides is 1. The normalized spacial score (nSPS) is 11.3. The van der Waals surface area contributed by atoms with Crippen molar-refractivity contribution >= 4 is 32.4 Å². The molecule has 0 spiro atoms. The zero-order valence-corrected chi connectivity index (χ0v) is 17.8. The topological polar surface area (TPSA) is 75.3 Å². The first-order valence-electron chi connectivity index (χ1n) is 9.87. The molecule has 31 heavy (non-hydrogen) atoms. The fourth-order valence-corrected chi connectivity index (χ4v) is 4.45. The maximum Gasteiger partial charge on any atom is 0.261 e. The highest BCUT2D eigenvalue weighted by molar-refractivity contribution is 7.92. The molecule has 0 unspecified atom stereocenters. The third-order valence-corrected chi connectivity index (χ3v) is 6.45. The fourth-order valence-electron chi connectivity index (χ4n) is 3.31.